The predicted octanol–water partition coefficient (Wildman–Crippen LogP) is 1.66. The molecule has 27 heavy (non-hydrogen) atoms. The summed E-state index contributed by atoms with van der Waals surface area (Å²) in [6.07, 6.45) is 4.33. The zero-order chi connectivity index (χ0) is 18.9. The van der Waals surface area contributed by atoms with E-state index in [-0.39, 0.29) is 0 Å². The van der Waals surface area contributed by atoms with Gasteiger partial charge in [-0.1, -0.05) is 6.92 Å². The van der Waals surface area contributed by atoms with Crippen LogP contribution in [0.3, 0.4) is 0 Å². The van der Waals surface area contributed by atoms with E-state index in [1.165, 1.54) is 11.5 Å². The summed E-state index contributed by atoms with van der Waals surface area (Å²) >= 11 is 1.49. The average molecular weight is 390 g/mol. The lowest BCUT2D eigenvalue weighted by molar-refractivity contribution is 0.324. The first-order valence-electron chi connectivity index (χ1n) is 9.43. The van der Waals surface area contributed by atoms with E-state index < -0.39 is 0 Å². The first kappa shape index (κ1) is 19.3. The summed E-state index contributed by atoms with van der Waals surface area (Å²) in [7, 11) is 0. The average Bonchev–Trinajstić information content (AvgIpc) is 3.21. The van der Waals surface area contributed by atoms with Gasteiger partial charge in [0.05, 0.1) is 12.7 Å². The highest BCUT2D eigenvalue weighted by atomic mass is 32.1. The Labute approximate surface area is 164 Å². The van der Waals surface area contributed by atoms with Crippen LogP contribution < -0.4 is 15.0 Å². The second kappa shape index (κ2) is 10.1. The molecule has 0 spiro atoms. The van der Waals surface area contributed by atoms with Gasteiger partial charge in [-0.15, -0.1) is 0 Å². The van der Waals surface area contributed by atoms with Crippen molar-refractivity contribution in [1.82, 2.24) is 24.6 Å². The quantitative estimate of drug-likeness (QED) is 0.438. The van der Waals surface area contributed by atoms with Gasteiger partial charge in [0.25, 0.3) is 0 Å². The van der Waals surface area contributed by atoms with Crippen molar-refractivity contribution in [3.63, 3.8) is 0 Å². The summed E-state index contributed by atoms with van der Waals surface area (Å²) in [4.78, 5) is 18.0. The molecule has 3 rings (SSSR count). The fraction of sp³-hybridized carbons (Fsp3) is 0.556. The molecule has 1 aliphatic heterocycles. The Hall–Kier alpha value is -2.42. The lowest BCUT2D eigenvalue weighted by Crippen LogP contribution is -2.52. The van der Waals surface area contributed by atoms with Crippen molar-refractivity contribution in [1.29, 1.82) is 0 Å². The largest absolute Gasteiger partial charge is 0.490 e. The number of rotatable bonds is 7. The van der Waals surface area contributed by atoms with Crippen LogP contribution in [0.2, 0.25) is 0 Å². The summed E-state index contributed by atoms with van der Waals surface area (Å²) in [6, 6.07) is 3.77. The number of hydrogen-bond acceptors (Lipinski definition) is 7. The Morgan fingerprint density at radius 1 is 1.30 bits per heavy atom. The molecular formula is C18H27N7OS. The molecule has 0 aromatic carbocycles. The molecule has 0 unspecified atom stereocenters. The summed E-state index contributed by atoms with van der Waals surface area (Å²) in [5.74, 6) is 2.65. The first-order valence-corrected chi connectivity index (χ1v) is 10.2. The molecule has 1 N–H and O–H groups in total. The number of pyridine rings is 1. The van der Waals surface area contributed by atoms with Crippen molar-refractivity contribution < 1.29 is 4.74 Å². The van der Waals surface area contributed by atoms with Gasteiger partial charge in [-0.25, -0.2) is 9.98 Å². The number of guanidine groups is 1. The molecule has 0 atom stereocenters. The number of ether oxygens (including phenoxy) is 1. The molecule has 1 saturated heterocycles. The Morgan fingerprint density at radius 2 is 2.15 bits per heavy atom. The Balaban J connectivity index is 1.49. The van der Waals surface area contributed by atoms with E-state index in [1.54, 1.807) is 12.4 Å². The maximum atomic E-state index is 5.67. The van der Waals surface area contributed by atoms with E-state index in [9.17, 15) is 0 Å². The van der Waals surface area contributed by atoms with Crippen LogP contribution in [0.25, 0.3) is 0 Å². The molecule has 1 fully saturated rings. The van der Waals surface area contributed by atoms with Crippen LogP contribution in [0.4, 0.5) is 5.13 Å². The van der Waals surface area contributed by atoms with E-state index in [4.69, 9.17) is 9.73 Å². The maximum Gasteiger partial charge on any atom is 0.205 e. The van der Waals surface area contributed by atoms with E-state index >= 15 is 0 Å². The zero-order valence-electron chi connectivity index (χ0n) is 16.0. The van der Waals surface area contributed by atoms with E-state index in [1.807, 2.05) is 12.1 Å². The lowest BCUT2D eigenvalue weighted by Gasteiger charge is -2.36. The normalized spacial score (nSPS) is 15.1. The molecule has 2 aromatic heterocycles. The van der Waals surface area contributed by atoms with Crippen LogP contribution in [-0.4, -0.2) is 71.1 Å². The van der Waals surface area contributed by atoms with Crippen molar-refractivity contribution >= 4 is 22.6 Å². The third-order valence-corrected chi connectivity index (χ3v) is 5.03. The van der Waals surface area contributed by atoms with Crippen LogP contribution in [0, 0.1) is 0 Å². The summed E-state index contributed by atoms with van der Waals surface area (Å²) in [5, 5.41) is 4.41. The van der Waals surface area contributed by atoms with Crippen molar-refractivity contribution in [2.24, 2.45) is 4.99 Å². The van der Waals surface area contributed by atoms with Gasteiger partial charge in [-0.05, 0) is 19.1 Å². The van der Waals surface area contributed by atoms with Crippen molar-refractivity contribution in [2.45, 2.75) is 20.3 Å². The number of nitrogens with zero attached hydrogens (tertiary/aromatic N) is 6. The third kappa shape index (κ3) is 5.53. The molecule has 0 saturated carbocycles. The van der Waals surface area contributed by atoms with Crippen LogP contribution in [0.15, 0.2) is 29.5 Å². The van der Waals surface area contributed by atoms with Crippen molar-refractivity contribution in [3.05, 3.63) is 30.4 Å². The van der Waals surface area contributed by atoms with Gasteiger partial charge in [0.1, 0.15) is 18.2 Å². The van der Waals surface area contributed by atoms with E-state index in [2.05, 4.69) is 43.3 Å². The smallest absolute Gasteiger partial charge is 0.205 e. The first-order chi connectivity index (χ1) is 13.3. The number of nitrogens with one attached hydrogen (secondary N) is 1. The Kier molecular flexibility index (Phi) is 7.20. The van der Waals surface area contributed by atoms with E-state index in [0.29, 0.717) is 13.2 Å². The molecule has 0 bridgehead atoms. The molecule has 0 radical (unpaired) electrons. The van der Waals surface area contributed by atoms with Gasteiger partial charge in [0.2, 0.25) is 5.13 Å². The van der Waals surface area contributed by atoms with Gasteiger partial charge in [-0.3, -0.25) is 4.98 Å². The minimum atomic E-state index is 0.533. The van der Waals surface area contributed by atoms with Crippen molar-refractivity contribution in [2.75, 3.05) is 50.8 Å². The molecule has 2 aromatic rings. The number of aliphatic imine (C=N–C) groups is 1. The topological polar surface area (TPSA) is 78.8 Å². The lowest BCUT2D eigenvalue weighted by atomic mass is 10.3. The monoisotopic (exact) mass is 389 g/mol. The van der Waals surface area contributed by atoms with Gasteiger partial charge in [0, 0.05) is 56.9 Å². The molecule has 9 heteroatoms. The van der Waals surface area contributed by atoms with Gasteiger partial charge in [0.15, 0.2) is 5.96 Å². The standard InChI is InChI=1S/C18H27N7OS/c1-3-16-22-18(27-23-16)25-11-9-24(10-12-25)17(20-4-2)21-8-13-26-15-6-5-7-19-14-15/h5-7,14H,3-4,8-13H2,1-2H3,(H,20,21). The SMILES string of the molecule is CCNC(=NCCOc1cccnc1)N1CCN(c2nc(CC)ns2)CC1. The van der Waals surface area contributed by atoms with Gasteiger partial charge >= 0.3 is 0 Å². The molecule has 0 aliphatic carbocycles. The van der Waals surface area contributed by atoms with Crippen LogP contribution in [0.1, 0.15) is 19.7 Å². The second-order valence-electron chi connectivity index (χ2n) is 6.09. The summed E-state index contributed by atoms with van der Waals surface area (Å²) in [6.45, 7) is 9.83. The van der Waals surface area contributed by atoms with E-state index in [0.717, 1.165) is 61.8 Å². The van der Waals surface area contributed by atoms with Crippen LogP contribution >= 0.6 is 11.5 Å². The second-order valence-corrected chi connectivity index (χ2v) is 6.82. The molecular weight excluding hydrogens is 362 g/mol. The highest BCUT2D eigenvalue weighted by Crippen LogP contribution is 2.19. The molecule has 3 heterocycles. The van der Waals surface area contributed by atoms with Gasteiger partial charge < -0.3 is 19.9 Å². The predicted molar refractivity (Wildman–Crippen MR) is 109 cm³/mol. The Morgan fingerprint density at radius 3 is 2.81 bits per heavy atom. The van der Waals surface area contributed by atoms with Crippen LogP contribution in [-0.2, 0) is 6.42 Å². The number of anilines is 1. The molecule has 8 nitrogen and oxygen atoms in total. The van der Waals surface area contributed by atoms with Crippen molar-refractivity contribution in [3.8, 4) is 5.75 Å². The number of hydrogen-bond donors (Lipinski definition) is 1. The fourth-order valence-corrected chi connectivity index (χ4v) is 3.60. The minimum absolute atomic E-state index is 0.533. The zero-order valence-corrected chi connectivity index (χ0v) is 16.8. The maximum absolute atomic E-state index is 5.67. The number of aromatic nitrogens is 3. The number of aryl methyl sites for hydroxylation is 1. The molecule has 146 valence electrons. The highest BCUT2D eigenvalue weighted by Gasteiger charge is 2.21. The van der Waals surface area contributed by atoms with Gasteiger partial charge in [-0.2, -0.15) is 4.37 Å². The highest BCUT2D eigenvalue weighted by molar-refractivity contribution is 7.09. The Bertz CT molecular complexity index is 714. The third-order valence-electron chi connectivity index (χ3n) is 4.21. The fourth-order valence-electron chi connectivity index (χ4n) is 2.80. The molecule has 0 amide bonds. The molecule has 1 aliphatic rings. The summed E-state index contributed by atoms with van der Waals surface area (Å²) in [5.41, 5.74) is 0. The summed E-state index contributed by atoms with van der Waals surface area (Å²) < 4.78 is 10.1. The van der Waals surface area contributed by atoms with Crippen LogP contribution in [0.5, 0.6) is 5.75 Å². The number of piperazine rings is 1. The minimum Gasteiger partial charge on any atom is -0.490 e.